The van der Waals surface area contributed by atoms with Gasteiger partial charge in [-0.15, -0.1) is 12.3 Å². The maximum absolute atomic E-state index is 11.5. The van der Waals surface area contributed by atoms with Gasteiger partial charge in [0.25, 0.3) is 0 Å². The maximum Gasteiger partial charge on any atom is 0.315 e. The Morgan fingerprint density at radius 2 is 2.17 bits per heavy atom. The summed E-state index contributed by atoms with van der Waals surface area (Å²) in [5.41, 5.74) is 0. The summed E-state index contributed by atoms with van der Waals surface area (Å²) in [6, 6.07) is -0.268. The lowest BCUT2D eigenvalue weighted by molar-refractivity contribution is -0.143. The molecule has 5 nitrogen and oxygen atoms in total. The van der Waals surface area contributed by atoms with Gasteiger partial charge in [0.05, 0.1) is 5.92 Å². The van der Waals surface area contributed by atoms with E-state index in [4.69, 9.17) is 11.5 Å². The van der Waals surface area contributed by atoms with E-state index >= 15 is 0 Å². The minimum absolute atomic E-state index is 0.0347. The van der Waals surface area contributed by atoms with Crippen LogP contribution in [-0.4, -0.2) is 29.7 Å². The van der Waals surface area contributed by atoms with Gasteiger partial charge in [0.1, 0.15) is 0 Å². The van der Waals surface area contributed by atoms with Crippen molar-refractivity contribution in [2.45, 2.75) is 44.6 Å². The van der Waals surface area contributed by atoms with E-state index in [1.54, 1.807) is 0 Å². The van der Waals surface area contributed by atoms with Crippen molar-refractivity contribution in [1.29, 1.82) is 0 Å². The summed E-state index contributed by atoms with van der Waals surface area (Å²) in [6.45, 7) is 0.547. The highest BCUT2D eigenvalue weighted by molar-refractivity contribution is 5.74. The number of nitrogens with one attached hydrogen (secondary N) is 2. The second-order valence-corrected chi connectivity index (χ2v) is 4.61. The van der Waals surface area contributed by atoms with Gasteiger partial charge >= 0.3 is 12.0 Å². The van der Waals surface area contributed by atoms with Crippen LogP contribution >= 0.6 is 0 Å². The average Bonchev–Trinajstić information content (AvgIpc) is 2.35. The van der Waals surface area contributed by atoms with E-state index in [2.05, 4.69) is 16.6 Å². The van der Waals surface area contributed by atoms with Crippen LogP contribution in [0.5, 0.6) is 0 Å². The molecule has 0 aromatic rings. The third-order valence-electron chi connectivity index (χ3n) is 3.14. The predicted octanol–water partition coefficient (Wildman–Crippen LogP) is 1.34. The SMILES string of the molecule is C#CCCCNC(=O)NC1CCCC(C(=O)O)C1. The van der Waals surface area contributed by atoms with Crippen LogP contribution in [0.25, 0.3) is 0 Å². The molecule has 0 aliphatic heterocycles. The van der Waals surface area contributed by atoms with Gasteiger partial charge < -0.3 is 15.7 Å². The summed E-state index contributed by atoms with van der Waals surface area (Å²) in [7, 11) is 0. The molecular weight excluding hydrogens is 232 g/mol. The molecule has 3 N–H and O–H groups in total. The molecule has 0 radical (unpaired) electrons. The van der Waals surface area contributed by atoms with E-state index in [9.17, 15) is 9.59 Å². The number of hydrogen-bond acceptors (Lipinski definition) is 2. The third-order valence-corrected chi connectivity index (χ3v) is 3.14. The van der Waals surface area contributed by atoms with Crippen LogP contribution in [0, 0.1) is 18.3 Å². The van der Waals surface area contributed by atoms with Crippen molar-refractivity contribution < 1.29 is 14.7 Å². The second-order valence-electron chi connectivity index (χ2n) is 4.61. The van der Waals surface area contributed by atoms with Gasteiger partial charge in [-0.1, -0.05) is 6.42 Å². The van der Waals surface area contributed by atoms with E-state index in [1.807, 2.05) is 0 Å². The first kappa shape index (κ1) is 14.4. The van der Waals surface area contributed by atoms with Gasteiger partial charge in [-0.05, 0) is 25.7 Å². The molecule has 1 rings (SSSR count). The van der Waals surface area contributed by atoms with Crippen molar-refractivity contribution in [2.24, 2.45) is 5.92 Å². The molecule has 100 valence electrons. The Hall–Kier alpha value is -1.70. The Labute approximate surface area is 107 Å². The maximum atomic E-state index is 11.5. The molecule has 0 heterocycles. The molecule has 18 heavy (non-hydrogen) atoms. The summed E-state index contributed by atoms with van der Waals surface area (Å²) in [4.78, 5) is 22.4. The molecule has 1 aliphatic rings. The van der Waals surface area contributed by atoms with Crippen LogP contribution in [0.3, 0.4) is 0 Å². The summed E-state index contributed by atoms with van der Waals surface area (Å²) >= 11 is 0. The van der Waals surface area contributed by atoms with E-state index in [-0.39, 0.29) is 18.0 Å². The van der Waals surface area contributed by atoms with Gasteiger partial charge in [0.15, 0.2) is 0 Å². The first-order chi connectivity index (χ1) is 8.63. The third kappa shape index (κ3) is 5.09. The largest absolute Gasteiger partial charge is 0.481 e. The highest BCUT2D eigenvalue weighted by Crippen LogP contribution is 2.24. The van der Waals surface area contributed by atoms with Crippen LogP contribution in [0.4, 0.5) is 4.79 Å². The Morgan fingerprint density at radius 3 is 2.83 bits per heavy atom. The van der Waals surface area contributed by atoms with Gasteiger partial charge in [-0.3, -0.25) is 4.79 Å². The molecule has 0 saturated heterocycles. The molecule has 1 saturated carbocycles. The van der Waals surface area contributed by atoms with E-state index in [1.165, 1.54) is 0 Å². The van der Waals surface area contributed by atoms with Gasteiger partial charge in [-0.2, -0.15) is 0 Å². The van der Waals surface area contributed by atoms with Crippen LogP contribution in [0.15, 0.2) is 0 Å². The molecule has 0 aromatic carbocycles. The number of rotatable bonds is 5. The number of carboxylic acid groups (broad SMARTS) is 1. The van der Waals surface area contributed by atoms with Crippen molar-refractivity contribution >= 4 is 12.0 Å². The number of aliphatic carboxylic acids is 1. The Morgan fingerprint density at radius 1 is 1.39 bits per heavy atom. The quantitative estimate of drug-likeness (QED) is 0.510. The molecule has 2 atom stereocenters. The molecule has 5 heteroatoms. The fourth-order valence-electron chi connectivity index (χ4n) is 2.17. The summed E-state index contributed by atoms with van der Waals surface area (Å²) < 4.78 is 0. The molecule has 1 aliphatic carbocycles. The molecular formula is C13H20N2O3. The molecule has 2 unspecified atom stereocenters. The standard InChI is InChI=1S/C13H20N2O3/c1-2-3-4-8-14-13(18)15-11-7-5-6-10(9-11)12(16)17/h1,10-11H,3-9H2,(H,16,17)(H2,14,15,18). The van der Waals surface area contributed by atoms with E-state index < -0.39 is 5.97 Å². The fourth-order valence-corrected chi connectivity index (χ4v) is 2.17. The Balaban J connectivity index is 2.23. The summed E-state index contributed by atoms with van der Waals surface area (Å²) in [5, 5.41) is 14.5. The lowest BCUT2D eigenvalue weighted by Gasteiger charge is -2.27. The summed E-state index contributed by atoms with van der Waals surface area (Å²) in [5.74, 6) is 1.41. The molecule has 2 amide bonds. The first-order valence-corrected chi connectivity index (χ1v) is 6.34. The highest BCUT2D eigenvalue weighted by atomic mass is 16.4. The van der Waals surface area contributed by atoms with E-state index in [0.717, 1.165) is 19.3 Å². The smallest absolute Gasteiger partial charge is 0.315 e. The van der Waals surface area contributed by atoms with Gasteiger partial charge in [0.2, 0.25) is 0 Å². The number of carboxylic acids is 1. The van der Waals surface area contributed by atoms with Crippen LogP contribution < -0.4 is 10.6 Å². The van der Waals surface area contributed by atoms with Crippen LogP contribution in [0.2, 0.25) is 0 Å². The van der Waals surface area contributed by atoms with Gasteiger partial charge in [-0.25, -0.2) is 4.79 Å². The normalized spacial score (nSPS) is 22.8. The van der Waals surface area contributed by atoms with Crippen LogP contribution in [0.1, 0.15) is 38.5 Å². The van der Waals surface area contributed by atoms with Crippen molar-refractivity contribution in [3.63, 3.8) is 0 Å². The van der Waals surface area contributed by atoms with Crippen molar-refractivity contribution in [2.75, 3.05) is 6.54 Å². The molecule has 0 aromatic heterocycles. The van der Waals surface area contributed by atoms with Crippen LogP contribution in [-0.2, 0) is 4.79 Å². The lowest BCUT2D eigenvalue weighted by atomic mass is 9.86. The van der Waals surface area contributed by atoms with Crippen molar-refractivity contribution in [3.05, 3.63) is 0 Å². The predicted molar refractivity (Wildman–Crippen MR) is 68.0 cm³/mol. The zero-order valence-electron chi connectivity index (χ0n) is 10.4. The topological polar surface area (TPSA) is 78.4 Å². The van der Waals surface area contributed by atoms with Crippen molar-refractivity contribution in [1.82, 2.24) is 10.6 Å². The summed E-state index contributed by atoms with van der Waals surface area (Å²) in [6.07, 6.45) is 9.43. The first-order valence-electron chi connectivity index (χ1n) is 6.34. The zero-order valence-corrected chi connectivity index (χ0v) is 10.4. The minimum Gasteiger partial charge on any atom is -0.481 e. The average molecular weight is 252 g/mol. The molecule has 0 spiro atoms. The lowest BCUT2D eigenvalue weighted by Crippen LogP contribution is -2.45. The minimum atomic E-state index is -0.768. The Kier molecular flexibility index (Phi) is 6.06. The number of hydrogen-bond donors (Lipinski definition) is 3. The number of carbonyl (C=O) groups is 2. The van der Waals surface area contributed by atoms with Crippen molar-refractivity contribution in [3.8, 4) is 12.3 Å². The number of terminal acetylenes is 1. The Bertz CT molecular complexity index is 336. The molecule has 1 fully saturated rings. The number of carbonyl (C=O) groups excluding carboxylic acids is 1. The number of amides is 2. The second kappa shape index (κ2) is 7.59. The zero-order chi connectivity index (χ0) is 13.4. The number of unbranched alkanes of at least 4 members (excludes halogenated alkanes) is 1. The van der Waals surface area contributed by atoms with E-state index in [0.29, 0.717) is 25.8 Å². The van der Waals surface area contributed by atoms with Gasteiger partial charge in [0, 0.05) is 19.0 Å². The molecule has 0 bridgehead atoms. The monoisotopic (exact) mass is 252 g/mol. The number of urea groups is 1. The highest BCUT2D eigenvalue weighted by Gasteiger charge is 2.27. The fraction of sp³-hybridized carbons (Fsp3) is 0.692.